The topological polar surface area (TPSA) is 81.0 Å². The average Bonchev–Trinajstić information content (AvgIpc) is 3.20. The lowest BCUT2D eigenvalue weighted by Crippen LogP contribution is -2.44. The second-order valence-corrected chi connectivity index (χ2v) is 10.0. The smallest absolute Gasteiger partial charge is 0.488 e. The molecule has 9 heteroatoms. The number of carbonyl (C=O) groups excluding carboxylic acids is 1. The number of benzene rings is 1. The first-order valence-electron chi connectivity index (χ1n) is 10.9. The molecule has 0 saturated carbocycles. The lowest BCUT2D eigenvalue weighted by molar-refractivity contribution is -0.127. The molecule has 2 aliphatic heterocycles. The predicted molar refractivity (Wildman–Crippen MR) is 119 cm³/mol. The predicted octanol–water partition coefficient (Wildman–Crippen LogP) is 3.63. The fourth-order valence-corrected chi connectivity index (χ4v) is 3.60. The molecular formula is C23H31BN2O6. The highest BCUT2D eigenvalue weighted by atomic mass is 16.7. The molecule has 3 heterocycles. The molecule has 0 spiro atoms. The molecular weight excluding hydrogens is 411 g/mol. The number of ether oxygens (including phenoxy) is 3. The van der Waals surface area contributed by atoms with Gasteiger partial charge in [0.1, 0.15) is 23.7 Å². The minimum Gasteiger partial charge on any atom is -0.488 e. The fraction of sp³-hybridized carbons (Fsp3) is 0.565. The molecule has 0 bridgehead atoms. The molecule has 4 rings (SSSR count). The van der Waals surface area contributed by atoms with Crippen LogP contribution < -0.4 is 14.9 Å². The second-order valence-electron chi connectivity index (χ2n) is 10.0. The Balaban J connectivity index is 1.69. The monoisotopic (exact) mass is 442 g/mol. The van der Waals surface area contributed by atoms with Crippen LogP contribution in [0, 0.1) is 0 Å². The molecule has 1 saturated heterocycles. The first-order chi connectivity index (χ1) is 14.8. The Kier molecular flexibility index (Phi) is 5.33. The van der Waals surface area contributed by atoms with Gasteiger partial charge in [-0.2, -0.15) is 5.10 Å². The van der Waals surface area contributed by atoms with Crippen LogP contribution in [0.4, 0.5) is 0 Å². The number of cyclic esters (lactones) is 1. The number of carbonyl (C=O) groups is 1. The highest BCUT2D eigenvalue weighted by molar-refractivity contribution is 6.63. The van der Waals surface area contributed by atoms with Crippen molar-refractivity contribution in [3.05, 3.63) is 35.7 Å². The molecule has 1 aromatic heterocycles. The third kappa shape index (κ3) is 3.99. The van der Waals surface area contributed by atoms with Crippen LogP contribution in [0.3, 0.4) is 0 Å². The zero-order chi connectivity index (χ0) is 23.5. The maximum Gasteiger partial charge on any atom is 0.498 e. The van der Waals surface area contributed by atoms with Crippen LogP contribution in [0.25, 0.3) is 0 Å². The number of nitrogens with zero attached hydrogens (tertiary/aromatic N) is 2. The Morgan fingerprint density at radius 2 is 1.72 bits per heavy atom. The van der Waals surface area contributed by atoms with Gasteiger partial charge in [-0.3, -0.25) is 4.68 Å². The summed E-state index contributed by atoms with van der Waals surface area (Å²) in [7, 11) is -0.686. The molecule has 172 valence electrons. The van der Waals surface area contributed by atoms with Gasteiger partial charge >= 0.3 is 13.1 Å². The quantitative estimate of drug-likeness (QED) is 0.517. The van der Waals surface area contributed by atoms with E-state index >= 15 is 0 Å². The molecule has 2 aromatic rings. The molecule has 0 unspecified atom stereocenters. The van der Waals surface area contributed by atoms with Crippen molar-refractivity contribution in [2.45, 2.75) is 85.0 Å². The molecule has 2 aliphatic rings. The summed E-state index contributed by atoms with van der Waals surface area (Å²) in [6, 6.07) is 3.80. The first-order valence-corrected chi connectivity index (χ1v) is 10.9. The van der Waals surface area contributed by atoms with Crippen molar-refractivity contribution >= 4 is 18.6 Å². The van der Waals surface area contributed by atoms with Gasteiger partial charge in [-0.1, -0.05) is 6.07 Å². The third-order valence-corrected chi connectivity index (χ3v) is 6.13. The van der Waals surface area contributed by atoms with E-state index in [2.05, 4.69) is 18.9 Å². The van der Waals surface area contributed by atoms with E-state index in [9.17, 15) is 4.79 Å². The third-order valence-electron chi connectivity index (χ3n) is 6.13. The van der Waals surface area contributed by atoms with Crippen molar-refractivity contribution in [2.75, 3.05) is 0 Å². The van der Waals surface area contributed by atoms with Gasteiger partial charge in [-0.25, -0.2) is 4.79 Å². The van der Waals surface area contributed by atoms with E-state index < -0.39 is 30.1 Å². The zero-order valence-corrected chi connectivity index (χ0v) is 20.0. The lowest BCUT2D eigenvalue weighted by atomic mass is 9.77. The standard InChI is InChI=1S/C23H31BN2O6/c1-14(2)26-12-15(11-25-26)13-28-17-10-9-16(24-31-21(3,4)22(5,6)32-24)19-18(17)20(27)30-23(7,8)29-19/h9-12,14H,13H2,1-8H3. The van der Waals surface area contributed by atoms with Gasteiger partial charge in [0.2, 0.25) is 5.79 Å². The summed E-state index contributed by atoms with van der Waals surface area (Å²) in [6.45, 7) is 15.7. The summed E-state index contributed by atoms with van der Waals surface area (Å²) in [4.78, 5) is 13.0. The SMILES string of the molecule is CC(C)n1cc(COc2ccc(B3OC(C)(C)C(C)(C)O3)c3c2C(=O)OC(C)(C)O3)cn1. The number of aromatic nitrogens is 2. The van der Waals surface area contributed by atoms with E-state index in [1.807, 2.05) is 44.6 Å². The number of esters is 1. The van der Waals surface area contributed by atoms with E-state index in [4.69, 9.17) is 23.5 Å². The van der Waals surface area contributed by atoms with Crippen LogP contribution in [0.5, 0.6) is 11.5 Å². The number of hydrogen-bond acceptors (Lipinski definition) is 7. The normalized spacial score (nSPS) is 20.7. The molecule has 0 atom stereocenters. The summed E-state index contributed by atoms with van der Waals surface area (Å²) < 4.78 is 31.9. The van der Waals surface area contributed by atoms with Gasteiger partial charge < -0.3 is 23.5 Å². The van der Waals surface area contributed by atoms with Gasteiger partial charge in [0, 0.05) is 37.1 Å². The van der Waals surface area contributed by atoms with Crippen molar-refractivity contribution in [3.63, 3.8) is 0 Å². The van der Waals surface area contributed by atoms with Gasteiger partial charge in [-0.05, 0) is 47.6 Å². The van der Waals surface area contributed by atoms with Crippen LogP contribution >= 0.6 is 0 Å². The minimum absolute atomic E-state index is 0.229. The fourth-order valence-electron chi connectivity index (χ4n) is 3.60. The molecule has 8 nitrogen and oxygen atoms in total. The van der Waals surface area contributed by atoms with Crippen molar-refractivity contribution in [1.29, 1.82) is 0 Å². The highest BCUT2D eigenvalue weighted by Gasteiger charge is 2.53. The van der Waals surface area contributed by atoms with Crippen molar-refractivity contribution in [2.24, 2.45) is 0 Å². The van der Waals surface area contributed by atoms with E-state index in [0.29, 0.717) is 17.0 Å². The summed E-state index contributed by atoms with van der Waals surface area (Å²) in [5.74, 6) is -0.903. The lowest BCUT2D eigenvalue weighted by Gasteiger charge is -2.34. The van der Waals surface area contributed by atoms with Gasteiger partial charge in [0.25, 0.3) is 0 Å². The van der Waals surface area contributed by atoms with E-state index in [-0.39, 0.29) is 18.2 Å². The summed E-state index contributed by atoms with van der Waals surface area (Å²) in [5, 5.41) is 4.33. The zero-order valence-electron chi connectivity index (χ0n) is 20.0. The highest BCUT2D eigenvalue weighted by Crippen LogP contribution is 2.41. The van der Waals surface area contributed by atoms with Crippen LogP contribution in [0.2, 0.25) is 0 Å². The Bertz CT molecular complexity index is 1030. The molecule has 0 aliphatic carbocycles. The Morgan fingerprint density at radius 1 is 1.06 bits per heavy atom. The van der Waals surface area contributed by atoms with Gasteiger partial charge in [0.05, 0.1) is 17.4 Å². The number of rotatable bonds is 5. The van der Waals surface area contributed by atoms with Gasteiger partial charge in [-0.15, -0.1) is 0 Å². The summed E-state index contributed by atoms with van der Waals surface area (Å²) in [6.07, 6.45) is 3.68. The molecule has 0 amide bonds. The summed E-state index contributed by atoms with van der Waals surface area (Å²) >= 11 is 0. The van der Waals surface area contributed by atoms with Crippen molar-refractivity contribution in [3.8, 4) is 11.5 Å². The number of fused-ring (bicyclic) bond motifs is 1. The Labute approximate surface area is 189 Å². The minimum atomic E-state index is -1.13. The first kappa shape index (κ1) is 22.7. The van der Waals surface area contributed by atoms with E-state index in [1.54, 1.807) is 26.1 Å². The second kappa shape index (κ2) is 7.52. The molecule has 1 fully saturated rings. The van der Waals surface area contributed by atoms with E-state index in [0.717, 1.165) is 5.56 Å². The van der Waals surface area contributed by atoms with Crippen molar-refractivity contribution < 1.29 is 28.3 Å². The molecule has 32 heavy (non-hydrogen) atoms. The Morgan fingerprint density at radius 3 is 2.31 bits per heavy atom. The maximum atomic E-state index is 13.0. The number of hydrogen-bond donors (Lipinski definition) is 0. The molecule has 1 aromatic carbocycles. The molecule has 0 radical (unpaired) electrons. The van der Waals surface area contributed by atoms with Crippen LogP contribution in [-0.2, 0) is 20.7 Å². The van der Waals surface area contributed by atoms with Crippen LogP contribution in [0.15, 0.2) is 24.5 Å². The maximum absolute atomic E-state index is 13.0. The largest absolute Gasteiger partial charge is 0.498 e. The van der Waals surface area contributed by atoms with Crippen molar-refractivity contribution in [1.82, 2.24) is 9.78 Å². The van der Waals surface area contributed by atoms with Crippen LogP contribution in [0.1, 0.15) is 77.4 Å². The van der Waals surface area contributed by atoms with E-state index in [1.165, 1.54) is 0 Å². The molecule has 0 N–H and O–H groups in total. The van der Waals surface area contributed by atoms with Gasteiger partial charge in [0.15, 0.2) is 0 Å². The Hall–Kier alpha value is -2.52. The summed E-state index contributed by atoms with van der Waals surface area (Å²) in [5.41, 5.74) is 0.700. The average molecular weight is 442 g/mol. The van der Waals surface area contributed by atoms with Crippen LogP contribution in [-0.4, -0.2) is 39.9 Å².